The highest BCUT2D eigenvalue weighted by molar-refractivity contribution is 5.75. The lowest BCUT2D eigenvalue weighted by Crippen LogP contribution is -2.42. The zero-order valence-corrected chi connectivity index (χ0v) is 17.6. The summed E-state index contributed by atoms with van der Waals surface area (Å²) in [5.74, 6) is 2.09. The molecule has 5 unspecified atom stereocenters. The first kappa shape index (κ1) is 20.0. The molecule has 0 amide bonds. The average molecular weight is 392 g/mol. The Morgan fingerprint density at radius 3 is 2.69 bits per heavy atom. The minimum Gasteiger partial charge on any atom is -0.462 e. The molecule has 3 fully saturated rings. The van der Waals surface area contributed by atoms with E-state index in [1.54, 1.807) is 0 Å². The van der Waals surface area contributed by atoms with E-state index in [4.69, 9.17) is 10.5 Å². The summed E-state index contributed by atoms with van der Waals surface area (Å²) in [6, 6.07) is 10.3. The van der Waals surface area contributed by atoms with Gasteiger partial charge in [-0.05, 0) is 67.7 Å². The van der Waals surface area contributed by atoms with E-state index in [0.29, 0.717) is 23.7 Å². The van der Waals surface area contributed by atoms with Crippen molar-refractivity contribution in [1.29, 1.82) is 0 Å². The molecular formula is C26H33NO2. The van der Waals surface area contributed by atoms with Crippen molar-refractivity contribution in [3.05, 3.63) is 65.9 Å². The van der Waals surface area contributed by atoms with Crippen molar-refractivity contribution in [3.63, 3.8) is 0 Å². The Balaban J connectivity index is 1.53. The highest BCUT2D eigenvalue weighted by Gasteiger charge is 2.53. The molecule has 2 N–H and O–H groups in total. The lowest BCUT2D eigenvalue weighted by Gasteiger charge is -2.45. The van der Waals surface area contributed by atoms with Gasteiger partial charge in [-0.25, -0.2) is 0 Å². The highest BCUT2D eigenvalue weighted by atomic mass is 16.6. The summed E-state index contributed by atoms with van der Waals surface area (Å²) in [5, 5.41) is 0. The lowest BCUT2D eigenvalue weighted by molar-refractivity contribution is -0.144. The summed E-state index contributed by atoms with van der Waals surface area (Å²) >= 11 is 0. The molecule has 6 atom stereocenters. The van der Waals surface area contributed by atoms with Gasteiger partial charge in [0.1, 0.15) is 6.10 Å². The first-order valence-electron chi connectivity index (χ1n) is 11.1. The third-order valence-corrected chi connectivity index (χ3v) is 7.34. The van der Waals surface area contributed by atoms with Crippen molar-refractivity contribution < 1.29 is 9.53 Å². The van der Waals surface area contributed by atoms with E-state index in [2.05, 4.69) is 44.2 Å². The molecule has 3 nitrogen and oxygen atoms in total. The van der Waals surface area contributed by atoms with Gasteiger partial charge < -0.3 is 10.5 Å². The van der Waals surface area contributed by atoms with Crippen LogP contribution in [0.2, 0.25) is 0 Å². The van der Waals surface area contributed by atoms with Crippen LogP contribution in [0.3, 0.4) is 0 Å². The number of allylic oxidation sites excluding steroid dienone is 5. The van der Waals surface area contributed by atoms with Crippen molar-refractivity contribution in [2.24, 2.45) is 35.3 Å². The van der Waals surface area contributed by atoms with Crippen LogP contribution >= 0.6 is 0 Å². The van der Waals surface area contributed by atoms with Crippen LogP contribution in [0.4, 0.5) is 0 Å². The molecule has 1 heterocycles. The van der Waals surface area contributed by atoms with E-state index in [-0.39, 0.29) is 18.0 Å². The molecule has 1 saturated heterocycles. The zero-order chi connectivity index (χ0) is 20.4. The molecular weight excluding hydrogens is 358 g/mol. The molecule has 0 spiro atoms. The molecule has 1 aromatic rings. The number of cyclic esters (lactones) is 1. The van der Waals surface area contributed by atoms with E-state index in [1.807, 2.05) is 24.3 Å². The number of carbonyl (C=O) groups is 1. The molecule has 4 rings (SSSR count). The van der Waals surface area contributed by atoms with Crippen LogP contribution in [0.15, 0.2) is 60.3 Å². The van der Waals surface area contributed by atoms with Crippen molar-refractivity contribution in [3.8, 4) is 0 Å². The van der Waals surface area contributed by atoms with Gasteiger partial charge in [-0.2, -0.15) is 0 Å². The number of hydrogen-bond acceptors (Lipinski definition) is 3. The fourth-order valence-corrected chi connectivity index (χ4v) is 5.88. The summed E-state index contributed by atoms with van der Waals surface area (Å²) in [7, 11) is 0. The Morgan fingerprint density at radius 1 is 1.14 bits per heavy atom. The Bertz CT molecular complexity index is 822. The second kappa shape index (κ2) is 8.61. The maximum absolute atomic E-state index is 12.4. The molecule has 3 heteroatoms. The van der Waals surface area contributed by atoms with E-state index in [1.165, 1.54) is 36.8 Å². The molecule has 0 aromatic heterocycles. The average Bonchev–Trinajstić information content (AvgIpc) is 3.03. The first-order valence-corrected chi connectivity index (χ1v) is 11.1. The van der Waals surface area contributed by atoms with E-state index < -0.39 is 0 Å². The minimum atomic E-state index is 0.00968. The molecule has 1 aromatic carbocycles. The number of fused-ring (bicyclic) bond motifs is 2. The predicted molar refractivity (Wildman–Crippen MR) is 118 cm³/mol. The standard InChI is InChI=1S/C26H33NO2/c1-17(19-8-4-3-5-9-19)12-13-21(27)14-15-23-22-11-7-6-10-20(22)16-24-25(23)18(2)29-26(24)28/h3-5,8-9,12-15,18,20,22-25H,6-7,10-11,16,27H2,1-2H3/b15-14+,17-12+,21-13-/t18-,20?,22?,23?,24?,25?/m1/s1. The number of ether oxygens (including phenoxy) is 1. The fraction of sp³-hybridized carbons (Fsp3) is 0.500. The third kappa shape index (κ3) is 4.19. The monoisotopic (exact) mass is 391 g/mol. The van der Waals surface area contributed by atoms with Crippen LogP contribution in [-0.4, -0.2) is 12.1 Å². The second-order valence-electron chi connectivity index (χ2n) is 9.09. The molecule has 1 aliphatic heterocycles. The van der Waals surface area contributed by atoms with Gasteiger partial charge in [-0.3, -0.25) is 4.79 Å². The molecule has 2 aliphatic carbocycles. The molecule has 3 aliphatic rings. The summed E-state index contributed by atoms with van der Waals surface area (Å²) in [6.45, 7) is 4.17. The van der Waals surface area contributed by atoms with Crippen LogP contribution in [0.1, 0.15) is 51.5 Å². The van der Waals surface area contributed by atoms with Crippen molar-refractivity contribution in [2.45, 2.75) is 52.1 Å². The first-order chi connectivity index (χ1) is 14.0. The van der Waals surface area contributed by atoms with Gasteiger partial charge in [0.15, 0.2) is 0 Å². The van der Waals surface area contributed by atoms with E-state index >= 15 is 0 Å². The quantitative estimate of drug-likeness (QED) is 0.545. The van der Waals surface area contributed by atoms with Gasteiger partial charge in [0, 0.05) is 11.6 Å². The van der Waals surface area contributed by atoms with E-state index in [9.17, 15) is 4.79 Å². The second-order valence-corrected chi connectivity index (χ2v) is 9.09. The number of hydrogen-bond donors (Lipinski definition) is 1. The molecule has 0 radical (unpaired) electrons. The van der Waals surface area contributed by atoms with E-state index in [0.717, 1.165) is 12.1 Å². The van der Waals surface area contributed by atoms with Gasteiger partial charge >= 0.3 is 5.97 Å². The summed E-state index contributed by atoms with van der Waals surface area (Å²) in [6.07, 6.45) is 14.6. The normalized spacial score (nSPS) is 35.3. The van der Waals surface area contributed by atoms with Crippen LogP contribution in [0, 0.1) is 29.6 Å². The van der Waals surface area contributed by atoms with Crippen molar-refractivity contribution in [2.75, 3.05) is 0 Å². The Morgan fingerprint density at radius 2 is 1.90 bits per heavy atom. The Hall–Kier alpha value is -2.29. The Labute approximate surface area is 174 Å². The predicted octanol–water partition coefficient (Wildman–Crippen LogP) is 5.49. The number of carbonyl (C=O) groups excluding carboxylic acids is 1. The Kier molecular flexibility index (Phi) is 5.94. The number of nitrogens with two attached hydrogens (primary N) is 1. The zero-order valence-electron chi connectivity index (χ0n) is 17.6. The van der Waals surface area contributed by atoms with Crippen LogP contribution < -0.4 is 5.73 Å². The van der Waals surface area contributed by atoms with Crippen LogP contribution in [0.25, 0.3) is 5.57 Å². The van der Waals surface area contributed by atoms with Crippen molar-refractivity contribution >= 4 is 11.5 Å². The van der Waals surface area contributed by atoms with Gasteiger partial charge in [-0.15, -0.1) is 0 Å². The molecule has 29 heavy (non-hydrogen) atoms. The van der Waals surface area contributed by atoms with Gasteiger partial charge in [0.2, 0.25) is 0 Å². The topological polar surface area (TPSA) is 52.3 Å². The van der Waals surface area contributed by atoms with Crippen molar-refractivity contribution in [1.82, 2.24) is 0 Å². The van der Waals surface area contributed by atoms with Gasteiger partial charge in [0.25, 0.3) is 0 Å². The minimum absolute atomic E-state index is 0.00968. The summed E-state index contributed by atoms with van der Waals surface area (Å²) in [4.78, 5) is 12.4. The fourth-order valence-electron chi connectivity index (χ4n) is 5.88. The summed E-state index contributed by atoms with van der Waals surface area (Å²) in [5.41, 5.74) is 9.47. The maximum atomic E-state index is 12.4. The van der Waals surface area contributed by atoms with Crippen LogP contribution in [-0.2, 0) is 9.53 Å². The maximum Gasteiger partial charge on any atom is 0.309 e. The van der Waals surface area contributed by atoms with Gasteiger partial charge in [-0.1, -0.05) is 61.7 Å². The number of benzene rings is 1. The smallest absolute Gasteiger partial charge is 0.309 e. The molecule has 0 bridgehead atoms. The largest absolute Gasteiger partial charge is 0.462 e. The molecule has 2 saturated carbocycles. The number of rotatable bonds is 4. The summed E-state index contributed by atoms with van der Waals surface area (Å²) < 4.78 is 5.65. The SMILES string of the molecule is C\C(=C/C=C(N)/C=C/C1C2CCCCC2CC2C(=O)O[C@H](C)C21)c1ccccc1. The third-order valence-electron chi connectivity index (χ3n) is 7.34. The number of esters is 1. The van der Waals surface area contributed by atoms with Gasteiger partial charge in [0.05, 0.1) is 5.92 Å². The highest BCUT2D eigenvalue weighted by Crippen LogP contribution is 2.53. The molecule has 154 valence electrons. The van der Waals surface area contributed by atoms with Crippen LogP contribution in [0.5, 0.6) is 0 Å². The lowest BCUT2D eigenvalue weighted by atomic mass is 9.57.